The monoisotopic (exact) mass is 533 g/mol. The average Bonchev–Trinajstić information content (AvgIpc) is 3.27. The number of ether oxygens (including phenoxy) is 1. The Hall–Kier alpha value is -2.98. The van der Waals surface area contributed by atoms with Crippen molar-refractivity contribution >= 4 is 22.3 Å². The van der Waals surface area contributed by atoms with E-state index in [0.717, 1.165) is 41.3 Å². The van der Waals surface area contributed by atoms with Gasteiger partial charge in [-0.3, -0.25) is 4.79 Å². The summed E-state index contributed by atoms with van der Waals surface area (Å²) in [6.07, 6.45) is 10.8. The van der Waals surface area contributed by atoms with Crippen molar-refractivity contribution in [2.24, 2.45) is 5.92 Å². The normalized spacial score (nSPS) is 12.7. The molecule has 0 bridgehead atoms. The number of hydrogen-bond acceptors (Lipinski definition) is 2. The number of allylic oxidation sites excluding steroid dienone is 3. The maximum absolute atomic E-state index is 14.8. The standard InChI is InChI=1S/C31H38FNO2.C4H10/c1-7-11-15-25(21(5)35-6)29-26-19-22(8-2)17-18-28(26)33(20-24-14-12-13-16-27(24)32)30(29)31(34)23(9-3)10-4;1-3-4-2/h7,11-19,21,23H,8-10,20H2,1-6H3;3-4H2,1-2H3/b11-7-,25-15+;. The molecule has 0 spiro atoms. The molecule has 0 fully saturated rings. The molecule has 3 aromatic rings. The largest absolute Gasteiger partial charge is 0.377 e. The van der Waals surface area contributed by atoms with Gasteiger partial charge in [-0.2, -0.15) is 0 Å². The third kappa shape index (κ3) is 7.79. The third-order valence-corrected chi connectivity index (χ3v) is 7.46. The van der Waals surface area contributed by atoms with E-state index in [0.29, 0.717) is 11.3 Å². The molecule has 0 aliphatic carbocycles. The smallest absolute Gasteiger partial charge is 0.182 e. The Bertz CT molecular complexity index is 1260. The van der Waals surface area contributed by atoms with Gasteiger partial charge in [-0.05, 0) is 62.4 Å². The second-order valence-electron chi connectivity index (χ2n) is 10.0. The third-order valence-electron chi connectivity index (χ3n) is 7.46. The molecule has 1 unspecified atom stereocenters. The lowest BCUT2D eigenvalue weighted by Gasteiger charge is -2.20. The lowest BCUT2D eigenvalue weighted by molar-refractivity contribution is 0.0904. The van der Waals surface area contributed by atoms with Gasteiger partial charge in [0.05, 0.1) is 18.3 Å². The first-order valence-electron chi connectivity index (χ1n) is 14.6. The fourth-order valence-electron chi connectivity index (χ4n) is 4.73. The van der Waals surface area contributed by atoms with Crippen LogP contribution in [-0.4, -0.2) is 23.6 Å². The van der Waals surface area contributed by atoms with Crippen molar-refractivity contribution in [2.45, 2.75) is 93.2 Å². The van der Waals surface area contributed by atoms with Crippen molar-refractivity contribution in [3.63, 3.8) is 0 Å². The van der Waals surface area contributed by atoms with Gasteiger partial charge in [0.1, 0.15) is 5.82 Å². The molecule has 0 aliphatic rings. The Morgan fingerprint density at radius 2 is 1.69 bits per heavy atom. The Balaban J connectivity index is 0.00000124. The maximum Gasteiger partial charge on any atom is 0.182 e. The van der Waals surface area contributed by atoms with E-state index in [2.05, 4.69) is 52.8 Å². The van der Waals surface area contributed by atoms with Crippen molar-refractivity contribution in [3.05, 3.63) is 88.9 Å². The van der Waals surface area contributed by atoms with Gasteiger partial charge in [-0.1, -0.05) is 90.0 Å². The summed E-state index contributed by atoms with van der Waals surface area (Å²) in [6, 6.07) is 13.2. The summed E-state index contributed by atoms with van der Waals surface area (Å²) in [5.74, 6) is -0.272. The number of fused-ring (bicyclic) bond motifs is 1. The predicted molar refractivity (Wildman–Crippen MR) is 165 cm³/mol. The molecule has 4 heteroatoms. The Labute approximate surface area is 235 Å². The number of ketones is 1. The quantitative estimate of drug-likeness (QED) is 0.171. The van der Waals surface area contributed by atoms with Gasteiger partial charge < -0.3 is 9.30 Å². The van der Waals surface area contributed by atoms with Gasteiger partial charge in [-0.25, -0.2) is 4.39 Å². The topological polar surface area (TPSA) is 31.2 Å². The molecular formula is C35H48FNO2. The second-order valence-corrected chi connectivity index (χ2v) is 10.0. The number of aryl methyl sites for hydroxylation is 1. The zero-order chi connectivity index (χ0) is 28.9. The zero-order valence-electron chi connectivity index (χ0n) is 25.3. The van der Waals surface area contributed by atoms with Crippen molar-refractivity contribution in [3.8, 4) is 0 Å². The van der Waals surface area contributed by atoms with Crippen LogP contribution >= 0.6 is 0 Å². The van der Waals surface area contributed by atoms with Crippen LogP contribution in [0.25, 0.3) is 16.5 Å². The Morgan fingerprint density at radius 3 is 2.23 bits per heavy atom. The number of nitrogens with zero attached hydrogens (tertiary/aromatic N) is 1. The minimum Gasteiger partial charge on any atom is -0.377 e. The molecule has 39 heavy (non-hydrogen) atoms. The van der Waals surface area contributed by atoms with Crippen LogP contribution in [0.4, 0.5) is 4.39 Å². The number of methoxy groups -OCH3 is 1. The van der Waals surface area contributed by atoms with Crippen LogP contribution in [0.1, 0.15) is 101 Å². The second kappa shape index (κ2) is 16.2. The molecule has 0 aliphatic heterocycles. The summed E-state index contributed by atoms with van der Waals surface area (Å²) >= 11 is 0. The number of aromatic nitrogens is 1. The number of unbranched alkanes of at least 4 members (excludes halogenated alkanes) is 1. The number of halogens is 1. The van der Waals surface area contributed by atoms with E-state index >= 15 is 0 Å². The molecule has 0 saturated carbocycles. The summed E-state index contributed by atoms with van der Waals surface area (Å²) < 4.78 is 22.6. The molecule has 1 atom stereocenters. The van der Waals surface area contributed by atoms with Crippen LogP contribution in [0.2, 0.25) is 0 Å². The summed E-state index contributed by atoms with van der Waals surface area (Å²) in [5.41, 5.74) is 5.18. The van der Waals surface area contributed by atoms with Gasteiger partial charge in [0.15, 0.2) is 5.78 Å². The molecular weight excluding hydrogens is 485 g/mol. The predicted octanol–water partition coefficient (Wildman–Crippen LogP) is 9.81. The number of hydrogen-bond donors (Lipinski definition) is 0. The summed E-state index contributed by atoms with van der Waals surface area (Å²) in [4.78, 5) is 14.1. The van der Waals surface area contributed by atoms with Gasteiger partial charge in [0, 0.05) is 35.1 Å². The van der Waals surface area contributed by atoms with Crippen LogP contribution in [0.3, 0.4) is 0 Å². The van der Waals surface area contributed by atoms with Gasteiger partial charge in [-0.15, -0.1) is 0 Å². The lowest BCUT2D eigenvalue weighted by atomic mass is 9.89. The highest BCUT2D eigenvalue weighted by Gasteiger charge is 2.30. The van der Waals surface area contributed by atoms with E-state index in [4.69, 9.17) is 4.74 Å². The van der Waals surface area contributed by atoms with Gasteiger partial charge >= 0.3 is 0 Å². The fourth-order valence-corrected chi connectivity index (χ4v) is 4.73. The molecule has 0 saturated heterocycles. The molecule has 1 heterocycles. The highest BCUT2D eigenvalue weighted by atomic mass is 19.1. The van der Waals surface area contributed by atoms with Crippen molar-refractivity contribution in [1.82, 2.24) is 4.57 Å². The van der Waals surface area contributed by atoms with Crippen LogP contribution in [0, 0.1) is 11.7 Å². The molecule has 3 rings (SSSR count). The van der Waals surface area contributed by atoms with Crippen LogP contribution in [-0.2, 0) is 17.7 Å². The molecule has 0 N–H and O–H groups in total. The zero-order valence-corrected chi connectivity index (χ0v) is 25.3. The SMILES string of the molecule is C/C=C\C=C(\c1c(C(=O)C(CC)CC)n(Cc2ccccc2F)c2ccc(CC)cc12)C(C)OC.CCCC. The molecule has 2 aromatic carbocycles. The van der Waals surface area contributed by atoms with Crippen LogP contribution < -0.4 is 0 Å². The summed E-state index contributed by atoms with van der Waals surface area (Å²) in [6.45, 7) is 14.9. The Kier molecular flexibility index (Phi) is 13.4. The number of carbonyl (C=O) groups is 1. The highest BCUT2D eigenvalue weighted by Crippen LogP contribution is 2.38. The van der Waals surface area contributed by atoms with Gasteiger partial charge in [0.25, 0.3) is 0 Å². The van der Waals surface area contributed by atoms with Crippen molar-refractivity contribution in [1.29, 1.82) is 0 Å². The maximum atomic E-state index is 14.8. The van der Waals surface area contributed by atoms with E-state index < -0.39 is 0 Å². The average molecular weight is 534 g/mol. The molecule has 212 valence electrons. The van der Waals surface area contributed by atoms with Crippen molar-refractivity contribution < 1.29 is 13.9 Å². The fraction of sp³-hybridized carbons (Fsp3) is 0.457. The summed E-state index contributed by atoms with van der Waals surface area (Å²) in [5, 5.41) is 1.01. The first-order chi connectivity index (χ1) is 18.8. The van der Waals surface area contributed by atoms with Crippen LogP contribution in [0.15, 0.2) is 60.7 Å². The molecule has 3 nitrogen and oxygen atoms in total. The lowest BCUT2D eigenvalue weighted by Crippen LogP contribution is -2.21. The van der Waals surface area contributed by atoms with E-state index in [1.54, 1.807) is 19.2 Å². The first-order valence-corrected chi connectivity index (χ1v) is 14.6. The van der Waals surface area contributed by atoms with Crippen molar-refractivity contribution in [2.75, 3.05) is 7.11 Å². The number of rotatable bonds is 12. The summed E-state index contributed by atoms with van der Waals surface area (Å²) in [7, 11) is 1.69. The van der Waals surface area contributed by atoms with E-state index in [1.165, 1.54) is 24.5 Å². The number of carbonyl (C=O) groups excluding carboxylic acids is 1. The van der Waals surface area contributed by atoms with E-state index in [-0.39, 0.29) is 30.2 Å². The minimum atomic E-state index is -0.267. The molecule has 0 radical (unpaired) electrons. The van der Waals surface area contributed by atoms with Gasteiger partial charge in [0.2, 0.25) is 0 Å². The first kappa shape index (κ1) is 32.2. The Morgan fingerprint density at radius 1 is 1.03 bits per heavy atom. The van der Waals surface area contributed by atoms with Crippen LogP contribution in [0.5, 0.6) is 0 Å². The molecule has 1 aromatic heterocycles. The van der Waals surface area contributed by atoms with E-state index in [9.17, 15) is 9.18 Å². The molecule has 0 amide bonds. The highest BCUT2D eigenvalue weighted by molar-refractivity contribution is 6.09. The number of Topliss-reactive ketones (excluding diaryl/α,β-unsaturated/α-hetero) is 1. The minimum absolute atomic E-state index is 0.102. The number of benzene rings is 2. The van der Waals surface area contributed by atoms with E-state index in [1.807, 2.05) is 42.7 Å².